The minimum Gasteiger partial charge on any atom is -0.724 e. The van der Waals surface area contributed by atoms with E-state index in [1.807, 2.05) is 6.07 Å². The molecule has 9 nitrogen and oxygen atoms in total. The van der Waals surface area contributed by atoms with E-state index in [1.54, 1.807) is 18.3 Å². The number of hydroxylamine groups is 2. The SMILES string of the molecule is O=C1N2CC(c3nc4cccnc4s3)=CC(C2)N1OS(=O)(=O)[O-].[Na+]. The molecule has 2 aliphatic heterocycles. The van der Waals surface area contributed by atoms with Crippen molar-refractivity contribution in [1.82, 2.24) is 19.9 Å². The van der Waals surface area contributed by atoms with E-state index < -0.39 is 22.5 Å². The molecule has 12 heteroatoms. The molecule has 2 amide bonds. The van der Waals surface area contributed by atoms with Gasteiger partial charge in [-0.1, -0.05) is 11.3 Å². The van der Waals surface area contributed by atoms with Crippen molar-refractivity contribution < 1.29 is 51.6 Å². The van der Waals surface area contributed by atoms with Crippen molar-refractivity contribution in [3.63, 3.8) is 0 Å². The molecule has 0 saturated carbocycles. The van der Waals surface area contributed by atoms with Crippen molar-refractivity contribution in [2.75, 3.05) is 13.1 Å². The maximum absolute atomic E-state index is 12.1. The molecule has 1 atom stereocenters. The number of rotatable bonds is 3. The van der Waals surface area contributed by atoms with Gasteiger partial charge in [-0.15, -0.1) is 0 Å². The summed E-state index contributed by atoms with van der Waals surface area (Å²) in [5, 5.41) is 1.30. The molecule has 2 aliphatic rings. The quantitative estimate of drug-likeness (QED) is 0.333. The fourth-order valence-corrected chi connectivity index (χ4v) is 3.93. The molecule has 0 aliphatic carbocycles. The van der Waals surface area contributed by atoms with Gasteiger partial charge in [0, 0.05) is 18.3 Å². The fraction of sp³-hybridized carbons (Fsp3) is 0.250. The van der Waals surface area contributed by atoms with Gasteiger partial charge in [-0.25, -0.2) is 23.2 Å². The van der Waals surface area contributed by atoms with Crippen LogP contribution < -0.4 is 29.6 Å². The van der Waals surface area contributed by atoms with E-state index in [0.717, 1.165) is 15.9 Å². The summed E-state index contributed by atoms with van der Waals surface area (Å²) in [4.78, 5) is 22.9. The van der Waals surface area contributed by atoms with Gasteiger partial charge < -0.3 is 9.45 Å². The molecule has 0 aromatic carbocycles. The number of hydrogen-bond donors (Lipinski definition) is 0. The Morgan fingerprint density at radius 2 is 2.21 bits per heavy atom. The van der Waals surface area contributed by atoms with E-state index in [-0.39, 0.29) is 42.6 Å². The molecule has 4 rings (SSSR count). The van der Waals surface area contributed by atoms with Crippen LogP contribution in [0.2, 0.25) is 0 Å². The van der Waals surface area contributed by atoms with Crippen molar-refractivity contribution in [3.8, 4) is 0 Å². The molecule has 120 valence electrons. The fourth-order valence-electron chi connectivity index (χ4n) is 2.63. The number of fused-ring (bicyclic) bond motifs is 3. The van der Waals surface area contributed by atoms with Gasteiger partial charge in [0.1, 0.15) is 15.4 Å². The van der Waals surface area contributed by atoms with E-state index in [1.165, 1.54) is 16.2 Å². The van der Waals surface area contributed by atoms with Crippen LogP contribution in [0, 0.1) is 0 Å². The third-order valence-electron chi connectivity index (χ3n) is 3.54. The Hall–Kier alpha value is -1.08. The van der Waals surface area contributed by atoms with Gasteiger partial charge in [-0.2, -0.15) is 9.35 Å². The first-order chi connectivity index (χ1) is 10.9. The van der Waals surface area contributed by atoms with Crippen LogP contribution in [0.5, 0.6) is 0 Å². The minimum atomic E-state index is -5.01. The standard InChI is InChI=1S/C12H10N4O5S2.Na/c17-12-15-5-7(4-8(6-15)16(12)21-23(18,19)20)10-14-9-2-1-3-13-11(9)22-10;/h1-4,8H,5-6H2,(H,18,19,20);/q;+1/p-1. The van der Waals surface area contributed by atoms with Gasteiger partial charge >= 0.3 is 35.6 Å². The van der Waals surface area contributed by atoms with Crippen LogP contribution in [0.15, 0.2) is 24.4 Å². The molecule has 1 fully saturated rings. The molecular weight excluding hydrogens is 367 g/mol. The number of hydrogen-bond acceptors (Lipinski definition) is 8. The van der Waals surface area contributed by atoms with Crippen LogP contribution in [0.3, 0.4) is 0 Å². The summed E-state index contributed by atoms with van der Waals surface area (Å²) >= 11 is 1.38. The van der Waals surface area contributed by atoms with Gasteiger partial charge in [-0.3, -0.25) is 0 Å². The zero-order chi connectivity index (χ0) is 16.2. The predicted octanol–water partition coefficient (Wildman–Crippen LogP) is -2.41. The van der Waals surface area contributed by atoms with E-state index in [9.17, 15) is 17.8 Å². The summed E-state index contributed by atoms with van der Waals surface area (Å²) in [5.74, 6) is 0. The number of urea groups is 1. The van der Waals surface area contributed by atoms with E-state index in [0.29, 0.717) is 10.1 Å². The number of carbonyl (C=O) groups is 1. The smallest absolute Gasteiger partial charge is 0.724 e. The Labute approximate surface area is 163 Å². The van der Waals surface area contributed by atoms with Gasteiger partial charge in [-0.05, 0) is 18.2 Å². The van der Waals surface area contributed by atoms with Gasteiger partial charge in [0.25, 0.3) is 0 Å². The van der Waals surface area contributed by atoms with E-state index in [2.05, 4.69) is 14.3 Å². The zero-order valence-electron chi connectivity index (χ0n) is 12.4. The Kier molecular flexibility index (Phi) is 4.68. The first-order valence-electron chi connectivity index (χ1n) is 6.57. The van der Waals surface area contributed by atoms with E-state index >= 15 is 0 Å². The van der Waals surface area contributed by atoms with Crippen molar-refractivity contribution >= 4 is 43.7 Å². The van der Waals surface area contributed by atoms with Crippen LogP contribution in [0.1, 0.15) is 5.01 Å². The number of carbonyl (C=O) groups excluding carboxylic acids is 1. The average molecular weight is 376 g/mol. The summed E-state index contributed by atoms with van der Waals surface area (Å²) in [6.45, 7) is 0.537. The van der Waals surface area contributed by atoms with Gasteiger partial charge in [0.2, 0.25) is 10.4 Å². The van der Waals surface area contributed by atoms with Crippen molar-refractivity contribution in [3.05, 3.63) is 29.4 Å². The first-order valence-corrected chi connectivity index (χ1v) is 8.72. The summed E-state index contributed by atoms with van der Waals surface area (Å²) in [6, 6.07) is 2.33. The third-order valence-corrected chi connectivity index (χ3v) is 4.93. The second-order valence-electron chi connectivity index (χ2n) is 5.08. The average Bonchev–Trinajstić information content (AvgIpc) is 3.02. The summed E-state index contributed by atoms with van der Waals surface area (Å²) in [5.41, 5.74) is 1.52. The van der Waals surface area contributed by atoms with Gasteiger partial charge in [0.05, 0.1) is 12.6 Å². The molecule has 2 aromatic rings. The predicted molar refractivity (Wildman–Crippen MR) is 78.8 cm³/mol. The second kappa shape index (κ2) is 6.33. The van der Waals surface area contributed by atoms with Crippen molar-refractivity contribution in [2.45, 2.75) is 6.04 Å². The zero-order valence-corrected chi connectivity index (χ0v) is 16.1. The largest absolute Gasteiger partial charge is 1.00 e. The van der Waals surface area contributed by atoms with Crippen molar-refractivity contribution in [1.29, 1.82) is 0 Å². The number of aromatic nitrogens is 2. The monoisotopic (exact) mass is 376 g/mol. The minimum absolute atomic E-state index is 0. The van der Waals surface area contributed by atoms with Crippen LogP contribution >= 0.6 is 11.3 Å². The third kappa shape index (κ3) is 3.20. The van der Waals surface area contributed by atoms with Crippen LogP contribution in [-0.2, 0) is 14.7 Å². The number of nitrogens with zero attached hydrogens (tertiary/aromatic N) is 4. The first kappa shape index (κ1) is 17.7. The Morgan fingerprint density at radius 1 is 1.42 bits per heavy atom. The molecular formula is C12H9N4NaO5S2. The van der Waals surface area contributed by atoms with Crippen LogP contribution in [0.4, 0.5) is 4.79 Å². The maximum Gasteiger partial charge on any atom is 1.00 e. The Balaban J connectivity index is 0.00000169. The molecule has 2 aromatic heterocycles. The summed E-state index contributed by atoms with van der Waals surface area (Å²) < 4.78 is 36.5. The topological polar surface area (TPSA) is 116 Å². The Morgan fingerprint density at radius 3 is 2.92 bits per heavy atom. The number of amides is 2. The number of thiazole rings is 1. The molecule has 4 heterocycles. The van der Waals surface area contributed by atoms with Crippen LogP contribution in [0.25, 0.3) is 15.9 Å². The summed E-state index contributed by atoms with van der Waals surface area (Å²) in [6.07, 6.45) is 3.37. The molecule has 0 radical (unpaired) electrons. The number of pyridine rings is 1. The Bertz CT molecular complexity index is 911. The normalized spacial score (nSPS) is 20.3. The van der Waals surface area contributed by atoms with Crippen molar-refractivity contribution in [2.24, 2.45) is 0 Å². The molecule has 0 spiro atoms. The second-order valence-corrected chi connectivity index (χ2v) is 7.02. The van der Waals surface area contributed by atoms with Gasteiger partial charge in [0.15, 0.2) is 0 Å². The summed E-state index contributed by atoms with van der Waals surface area (Å²) in [7, 11) is -5.01. The maximum atomic E-state index is 12.1. The molecule has 0 N–H and O–H groups in total. The van der Waals surface area contributed by atoms with Crippen LogP contribution in [-0.4, -0.2) is 58.1 Å². The molecule has 1 saturated heterocycles. The molecule has 2 bridgehead atoms. The van der Waals surface area contributed by atoms with E-state index in [4.69, 9.17) is 0 Å². The molecule has 24 heavy (non-hydrogen) atoms. The molecule has 1 unspecified atom stereocenters.